The van der Waals surface area contributed by atoms with Gasteiger partial charge in [-0.2, -0.15) is 0 Å². The van der Waals surface area contributed by atoms with Gasteiger partial charge in [0.05, 0.1) is 0 Å². The highest BCUT2D eigenvalue weighted by Crippen LogP contribution is 2.18. The van der Waals surface area contributed by atoms with Gasteiger partial charge in [0, 0.05) is 44.1 Å². The summed E-state index contributed by atoms with van der Waals surface area (Å²) in [6.07, 6.45) is 0. The highest BCUT2D eigenvalue weighted by molar-refractivity contribution is 7.10. The first-order valence-electron chi connectivity index (χ1n) is 6.90. The van der Waals surface area contributed by atoms with Gasteiger partial charge in [0.1, 0.15) is 0 Å². The molecule has 1 aromatic rings. The Bertz CT molecular complexity index is 460. The molecule has 0 aromatic carbocycles. The molecule has 1 saturated heterocycles. The number of hydrogen-bond acceptors (Lipinski definition) is 5. The van der Waals surface area contributed by atoms with E-state index in [0.717, 1.165) is 32.7 Å². The van der Waals surface area contributed by atoms with E-state index in [-0.39, 0.29) is 0 Å². The molecule has 1 fully saturated rings. The zero-order valence-corrected chi connectivity index (χ0v) is 12.5. The molecular weight excluding hydrogens is 292 g/mol. The molecule has 0 radical (unpaired) electrons. The number of rotatable bonds is 6. The van der Waals surface area contributed by atoms with Gasteiger partial charge in [-0.3, -0.25) is 4.90 Å². The maximum atomic E-state index is 11.8. The van der Waals surface area contributed by atoms with E-state index >= 15 is 0 Å². The van der Waals surface area contributed by atoms with E-state index in [9.17, 15) is 14.7 Å². The van der Waals surface area contributed by atoms with Crippen LogP contribution in [0.4, 0.5) is 4.79 Å². The number of urea groups is 1. The average molecular weight is 312 g/mol. The lowest BCUT2D eigenvalue weighted by atomic mass is 10.2. The fraction of sp³-hybridized carbons (Fsp3) is 0.538. The number of carboxylic acid groups (broad SMARTS) is 1. The number of carbonyl (C=O) groups excluding carboxylic acids is 1. The third kappa shape index (κ3) is 5.00. The molecule has 1 atom stereocenters. The molecule has 1 aromatic heterocycles. The number of amides is 2. The van der Waals surface area contributed by atoms with Crippen molar-refractivity contribution in [2.75, 3.05) is 39.3 Å². The standard InChI is InChI=1S/C13H20N4O3S/c18-12(19)11(10-2-1-9-21-10)16-13(20)15-5-8-17-6-3-14-4-7-17/h1-2,9,11,14H,3-8H2,(H,18,19)(H2,15,16,20). The predicted molar refractivity (Wildman–Crippen MR) is 80.5 cm³/mol. The van der Waals surface area contributed by atoms with Gasteiger partial charge in [-0.15, -0.1) is 11.3 Å². The second-order valence-corrected chi connectivity index (χ2v) is 5.76. The molecule has 1 aliphatic heterocycles. The van der Waals surface area contributed by atoms with Crippen LogP contribution in [0.3, 0.4) is 0 Å². The second-order valence-electron chi connectivity index (χ2n) is 4.78. The summed E-state index contributed by atoms with van der Waals surface area (Å²) in [6, 6.07) is 2.01. The summed E-state index contributed by atoms with van der Waals surface area (Å²) in [6.45, 7) is 5.14. The molecule has 2 rings (SSSR count). The molecule has 2 heterocycles. The number of aliphatic carboxylic acids is 1. The van der Waals surface area contributed by atoms with Gasteiger partial charge in [-0.25, -0.2) is 9.59 Å². The monoisotopic (exact) mass is 312 g/mol. The van der Waals surface area contributed by atoms with Crippen LogP contribution < -0.4 is 16.0 Å². The second kappa shape index (κ2) is 7.96. The van der Waals surface area contributed by atoms with Crippen molar-refractivity contribution in [2.24, 2.45) is 0 Å². The van der Waals surface area contributed by atoms with E-state index in [4.69, 9.17) is 0 Å². The molecule has 0 spiro atoms. The molecule has 0 bridgehead atoms. The van der Waals surface area contributed by atoms with Gasteiger partial charge in [-0.1, -0.05) is 6.07 Å². The number of carbonyl (C=O) groups is 2. The van der Waals surface area contributed by atoms with Crippen molar-refractivity contribution in [3.05, 3.63) is 22.4 Å². The van der Waals surface area contributed by atoms with Crippen LogP contribution in [0.15, 0.2) is 17.5 Å². The highest BCUT2D eigenvalue weighted by Gasteiger charge is 2.22. The Labute approximate surface area is 127 Å². The molecule has 1 aliphatic rings. The van der Waals surface area contributed by atoms with Crippen molar-refractivity contribution >= 4 is 23.3 Å². The molecule has 4 N–H and O–H groups in total. The Morgan fingerprint density at radius 2 is 2.19 bits per heavy atom. The number of thiophene rings is 1. The number of nitrogens with one attached hydrogen (secondary N) is 3. The first-order chi connectivity index (χ1) is 10.2. The lowest BCUT2D eigenvalue weighted by Crippen LogP contribution is -2.48. The van der Waals surface area contributed by atoms with Crippen molar-refractivity contribution in [1.82, 2.24) is 20.9 Å². The smallest absolute Gasteiger partial charge is 0.331 e. The lowest BCUT2D eigenvalue weighted by Gasteiger charge is -2.27. The SMILES string of the molecule is O=C(NCCN1CCNCC1)NC(C(=O)O)c1cccs1. The van der Waals surface area contributed by atoms with Crippen LogP contribution >= 0.6 is 11.3 Å². The number of nitrogens with zero attached hydrogens (tertiary/aromatic N) is 1. The molecule has 7 nitrogen and oxygen atoms in total. The first kappa shape index (κ1) is 15.7. The Hall–Kier alpha value is -1.64. The molecule has 8 heteroatoms. The van der Waals surface area contributed by atoms with Crippen molar-refractivity contribution in [1.29, 1.82) is 0 Å². The summed E-state index contributed by atoms with van der Waals surface area (Å²) in [5.41, 5.74) is 0. The minimum atomic E-state index is -1.06. The fourth-order valence-electron chi connectivity index (χ4n) is 2.15. The summed E-state index contributed by atoms with van der Waals surface area (Å²) in [5, 5.41) is 19.4. The van der Waals surface area contributed by atoms with E-state index in [1.54, 1.807) is 17.5 Å². The molecule has 116 valence electrons. The van der Waals surface area contributed by atoms with Gasteiger partial charge in [0.2, 0.25) is 0 Å². The quantitative estimate of drug-likeness (QED) is 0.597. The molecule has 1 unspecified atom stereocenters. The molecular formula is C13H20N4O3S. The Kier molecular flexibility index (Phi) is 5.97. The van der Waals surface area contributed by atoms with Crippen LogP contribution in [-0.2, 0) is 4.79 Å². The van der Waals surface area contributed by atoms with Crippen LogP contribution in [0.25, 0.3) is 0 Å². The zero-order chi connectivity index (χ0) is 15.1. The van der Waals surface area contributed by atoms with Crippen LogP contribution in [-0.4, -0.2) is 61.3 Å². The van der Waals surface area contributed by atoms with E-state index in [1.165, 1.54) is 11.3 Å². The van der Waals surface area contributed by atoms with Gasteiger partial charge in [-0.05, 0) is 11.4 Å². The molecule has 0 saturated carbocycles. The van der Waals surface area contributed by atoms with E-state index < -0.39 is 18.0 Å². The number of piperazine rings is 1. The van der Waals surface area contributed by atoms with Crippen LogP contribution in [0.2, 0.25) is 0 Å². The number of hydrogen-bond donors (Lipinski definition) is 4. The molecule has 2 amide bonds. The maximum absolute atomic E-state index is 11.8. The minimum absolute atomic E-state index is 0.453. The van der Waals surface area contributed by atoms with Crippen molar-refractivity contribution < 1.29 is 14.7 Å². The summed E-state index contributed by atoms with van der Waals surface area (Å²) < 4.78 is 0. The Morgan fingerprint density at radius 3 is 2.81 bits per heavy atom. The zero-order valence-electron chi connectivity index (χ0n) is 11.7. The van der Waals surface area contributed by atoms with Crippen molar-refractivity contribution in [3.63, 3.8) is 0 Å². The van der Waals surface area contributed by atoms with Crippen LogP contribution in [0, 0.1) is 0 Å². The van der Waals surface area contributed by atoms with E-state index in [0.29, 0.717) is 11.4 Å². The summed E-state index contributed by atoms with van der Waals surface area (Å²) in [5.74, 6) is -1.06. The molecule has 0 aliphatic carbocycles. The third-order valence-corrected chi connectivity index (χ3v) is 4.21. The van der Waals surface area contributed by atoms with E-state index in [1.807, 2.05) is 0 Å². The summed E-state index contributed by atoms with van der Waals surface area (Å²) in [4.78, 5) is 25.9. The first-order valence-corrected chi connectivity index (χ1v) is 7.78. The predicted octanol–water partition coefficient (Wildman–Crippen LogP) is 0.0782. The van der Waals surface area contributed by atoms with E-state index in [2.05, 4.69) is 20.9 Å². The third-order valence-electron chi connectivity index (χ3n) is 3.27. The Balaban J connectivity index is 1.73. The fourth-order valence-corrected chi connectivity index (χ4v) is 2.92. The van der Waals surface area contributed by atoms with Gasteiger partial charge < -0.3 is 21.1 Å². The average Bonchev–Trinajstić information content (AvgIpc) is 2.99. The minimum Gasteiger partial charge on any atom is -0.479 e. The summed E-state index contributed by atoms with van der Waals surface area (Å²) in [7, 11) is 0. The van der Waals surface area contributed by atoms with Crippen LogP contribution in [0.1, 0.15) is 10.9 Å². The topological polar surface area (TPSA) is 93.7 Å². The maximum Gasteiger partial charge on any atom is 0.331 e. The summed E-state index contributed by atoms with van der Waals surface area (Å²) >= 11 is 1.31. The van der Waals surface area contributed by atoms with Crippen LogP contribution in [0.5, 0.6) is 0 Å². The van der Waals surface area contributed by atoms with Gasteiger partial charge in [0.25, 0.3) is 0 Å². The Morgan fingerprint density at radius 1 is 1.43 bits per heavy atom. The number of carboxylic acids is 1. The van der Waals surface area contributed by atoms with Crippen molar-refractivity contribution in [2.45, 2.75) is 6.04 Å². The molecule has 21 heavy (non-hydrogen) atoms. The normalized spacial score (nSPS) is 17.1. The lowest BCUT2D eigenvalue weighted by molar-refractivity contribution is -0.139. The highest BCUT2D eigenvalue weighted by atomic mass is 32.1. The van der Waals surface area contributed by atoms with Crippen molar-refractivity contribution in [3.8, 4) is 0 Å². The van der Waals surface area contributed by atoms with Gasteiger partial charge >= 0.3 is 12.0 Å². The largest absolute Gasteiger partial charge is 0.479 e. The van der Waals surface area contributed by atoms with Gasteiger partial charge in [0.15, 0.2) is 6.04 Å².